The highest BCUT2D eigenvalue weighted by molar-refractivity contribution is 6.47. The molecule has 9 heteroatoms. The summed E-state index contributed by atoms with van der Waals surface area (Å²) in [5.41, 5.74) is 0.698. The number of hydrogen-bond acceptors (Lipinski definition) is 6. The Morgan fingerprint density at radius 1 is 1.16 bits per heavy atom. The second kappa shape index (κ2) is 11.5. The van der Waals surface area contributed by atoms with Gasteiger partial charge in [0.2, 0.25) is 5.91 Å². The Labute approximate surface area is 184 Å². The molecule has 1 atom stereocenters. The minimum atomic E-state index is -1.27. The first kappa shape index (κ1) is 23.6. The number of fused-ring (bicyclic) bond motifs is 1. The number of rotatable bonds is 10. The number of carboxylic acids is 1. The van der Waals surface area contributed by atoms with Gasteiger partial charge in [0.25, 0.3) is 0 Å². The van der Waals surface area contributed by atoms with Gasteiger partial charge in [0, 0.05) is 25.6 Å². The average Bonchev–Trinajstić information content (AvgIpc) is 2.74. The van der Waals surface area contributed by atoms with E-state index in [-0.39, 0.29) is 17.2 Å². The van der Waals surface area contributed by atoms with E-state index >= 15 is 0 Å². The van der Waals surface area contributed by atoms with Gasteiger partial charge < -0.3 is 30.7 Å². The molecule has 8 nitrogen and oxygen atoms in total. The highest BCUT2D eigenvalue weighted by Gasteiger charge is 2.38. The topological polar surface area (TPSA) is 120 Å². The molecule has 31 heavy (non-hydrogen) atoms. The minimum absolute atomic E-state index is 0.0211. The molecule has 1 heterocycles. The first-order chi connectivity index (χ1) is 15.0. The van der Waals surface area contributed by atoms with Crippen LogP contribution in [0, 0.1) is 5.92 Å². The predicted molar refractivity (Wildman–Crippen MR) is 119 cm³/mol. The molecule has 1 unspecified atom stereocenters. The fraction of sp³-hybridized carbons (Fsp3) is 0.636. The molecule has 1 aromatic carbocycles. The lowest BCUT2D eigenvalue weighted by molar-refractivity contribution is -0.122. The number of amides is 1. The van der Waals surface area contributed by atoms with Crippen molar-refractivity contribution in [2.75, 3.05) is 19.6 Å². The third kappa shape index (κ3) is 6.69. The van der Waals surface area contributed by atoms with Crippen LogP contribution < -0.4 is 20.6 Å². The van der Waals surface area contributed by atoms with Crippen molar-refractivity contribution in [2.45, 2.75) is 63.9 Å². The summed E-state index contributed by atoms with van der Waals surface area (Å²) < 4.78 is 5.45. The maximum Gasteiger partial charge on any atom is 0.547 e. The Hall–Kier alpha value is -2.10. The zero-order valence-corrected chi connectivity index (χ0v) is 18.2. The van der Waals surface area contributed by atoms with Crippen molar-refractivity contribution in [3.63, 3.8) is 0 Å². The normalized spacial score (nSPS) is 23.0. The minimum Gasteiger partial charge on any atom is -0.534 e. The molecule has 1 aliphatic carbocycles. The highest BCUT2D eigenvalue weighted by Crippen LogP contribution is 2.31. The second-order valence-electron chi connectivity index (χ2n) is 8.61. The van der Waals surface area contributed by atoms with Crippen molar-refractivity contribution in [1.29, 1.82) is 0 Å². The Bertz CT molecular complexity index is 755. The van der Waals surface area contributed by atoms with Crippen LogP contribution in [0.1, 0.15) is 61.4 Å². The molecule has 170 valence electrons. The van der Waals surface area contributed by atoms with Crippen LogP contribution in [0.4, 0.5) is 0 Å². The van der Waals surface area contributed by atoms with Crippen molar-refractivity contribution in [3.05, 3.63) is 29.3 Å². The predicted octanol–water partition coefficient (Wildman–Crippen LogP) is 1.36. The Kier molecular flexibility index (Phi) is 8.74. The smallest absolute Gasteiger partial charge is 0.534 e. The number of carbonyl (C=O) groups is 2. The molecule has 1 amide bonds. The van der Waals surface area contributed by atoms with Gasteiger partial charge in [-0.1, -0.05) is 19.1 Å². The lowest BCUT2D eigenvalue weighted by atomic mass is 9.72. The summed E-state index contributed by atoms with van der Waals surface area (Å²) >= 11 is 0. The lowest BCUT2D eigenvalue weighted by Crippen LogP contribution is -2.53. The van der Waals surface area contributed by atoms with Gasteiger partial charge >= 0.3 is 13.1 Å². The van der Waals surface area contributed by atoms with E-state index in [1.54, 1.807) is 12.1 Å². The molecule has 2 aliphatic rings. The number of benzene rings is 1. The third-order valence-electron chi connectivity index (χ3n) is 6.18. The van der Waals surface area contributed by atoms with E-state index in [4.69, 9.17) is 4.65 Å². The summed E-state index contributed by atoms with van der Waals surface area (Å²) in [6.45, 7) is 5.17. The molecule has 0 saturated heterocycles. The molecule has 0 spiro atoms. The number of aromatic carboxylic acids is 1. The maximum atomic E-state index is 12.6. The van der Waals surface area contributed by atoms with Gasteiger partial charge in [-0.05, 0) is 62.6 Å². The number of carboxylic acid groups (broad SMARTS) is 1. The van der Waals surface area contributed by atoms with Gasteiger partial charge in [-0.25, -0.2) is 4.79 Å². The van der Waals surface area contributed by atoms with Crippen LogP contribution in [0.2, 0.25) is 0 Å². The van der Waals surface area contributed by atoms with E-state index in [0.717, 1.165) is 51.7 Å². The van der Waals surface area contributed by atoms with E-state index in [1.807, 2.05) is 0 Å². The van der Waals surface area contributed by atoms with Gasteiger partial charge in [-0.3, -0.25) is 4.79 Å². The number of nitrogens with one attached hydrogen (secondary N) is 3. The summed E-state index contributed by atoms with van der Waals surface area (Å²) in [6, 6.07) is 5.38. The van der Waals surface area contributed by atoms with Crippen LogP contribution in [0.15, 0.2) is 18.2 Å². The molecule has 1 saturated carbocycles. The Morgan fingerprint density at radius 3 is 2.65 bits per heavy atom. The fourth-order valence-corrected chi connectivity index (χ4v) is 4.48. The third-order valence-corrected chi connectivity index (χ3v) is 6.18. The summed E-state index contributed by atoms with van der Waals surface area (Å²) in [4.78, 5) is 23.9. The standard InChI is InChI=1S/C22H34BN3O5/c1-2-10-24-11-12-25-17-8-6-15(7-9-17)13-20(27)26-19-14-16-4-3-5-18(22(28)29)21(16)31-23(19)30/h3-5,15,17,19,24-25,30H,2,6-14H2,1H3,(H,26,27)(H,28,29). The van der Waals surface area contributed by atoms with Crippen LogP contribution in [0.5, 0.6) is 5.75 Å². The first-order valence-electron chi connectivity index (χ1n) is 11.4. The summed E-state index contributed by atoms with van der Waals surface area (Å²) in [7, 11) is -1.27. The first-order valence-corrected chi connectivity index (χ1v) is 11.4. The monoisotopic (exact) mass is 431 g/mol. The molecule has 5 N–H and O–H groups in total. The summed E-state index contributed by atoms with van der Waals surface area (Å²) in [5, 5.41) is 29.5. The fourth-order valence-electron chi connectivity index (χ4n) is 4.48. The van der Waals surface area contributed by atoms with Gasteiger partial charge in [0.1, 0.15) is 5.75 Å². The van der Waals surface area contributed by atoms with Gasteiger partial charge in [0.15, 0.2) is 0 Å². The molecule has 0 radical (unpaired) electrons. The molecule has 0 bridgehead atoms. The van der Waals surface area contributed by atoms with Crippen molar-refractivity contribution in [3.8, 4) is 5.75 Å². The summed E-state index contributed by atoms with van der Waals surface area (Å²) in [5.74, 6) is -1.25. The van der Waals surface area contributed by atoms with E-state index < -0.39 is 19.0 Å². The summed E-state index contributed by atoms with van der Waals surface area (Å²) in [6.07, 6.45) is 6.11. The van der Waals surface area contributed by atoms with Crippen LogP contribution >= 0.6 is 0 Å². The second-order valence-corrected chi connectivity index (χ2v) is 8.61. The van der Waals surface area contributed by atoms with E-state index in [2.05, 4.69) is 22.9 Å². The average molecular weight is 431 g/mol. The van der Waals surface area contributed by atoms with Gasteiger partial charge in [-0.2, -0.15) is 0 Å². The zero-order chi connectivity index (χ0) is 22.2. The molecule has 3 rings (SSSR count). The van der Waals surface area contributed by atoms with Gasteiger partial charge in [0.05, 0.1) is 11.5 Å². The molecule has 1 fully saturated rings. The number of para-hydroxylation sites is 1. The number of hydrogen-bond donors (Lipinski definition) is 5. The van der Waals surface area contributed by atoms with Crippen molar-refractivity contribution >= 4 is 19.0 Å². The van der Waals surface area contributed by atoms with Crippen LogP contribution in [0.25, 0.3) is 0 Å². The molecule has 1 aliphatic heterocycles. The van der Waals surface area contributed by atoms with E-state index in [9.17, 15) is 19.7 Å². The van der Waals surface area contributed by atoms with Crippen molar-refractivity contribution in [1.82, 2.24) is 16.0 Å². The van der Waals surface area contributed by atoms with Crippen LogP contribution in [0.3, 0.4) is 0 Å². The van der Waals surface area contributed by atoms with Crippen molar-refractivity contribution in [2.24, 2.45) is 5.92 Å². The quantitative estimate of drug-likeness (QED) is 0.280. The maximum absolute atomic E-state index is 12.6. The molecular weight excluding hydrogens is 397 g/mol. The largest absolute Gasteiger partial charge is 0.547 e. The zero-order valence-electron chi connectivity index (χ0n) is 18.2. The van der Waals surface area contributed by atoms with E-state index in [0.29, 0.717) is 30.4 Å². The highest BCUT2D eigenvalue weighted by atomic mass is 16.5. The molecule has 1 aromatic rings. The van der Waals surface area contributed by atoms with Gasteiger partial charge in [-0.15, -0.1) is 0 Å². The number of carbonyl (C=O) groups excluding carboxylic acids is 1. The van der Waals surface area contributed by atoms with Crippen LogP contribution in [-0.2, 0) is 11.2 Å². The molecular formula is C22H34BN3O5. The lowest BCUT2D eigenvalue weighted by Gasteiger charge is -2.31. The van der Waals surface area contributed by atoms with E-state index in [1.165, 1.54) is 6.07 Å². The SMILES string of the molecule is CCCNCCNC1CCC(CC(=O)NC2Cc3cccc(C(=O)O)c3OB2O)CC1. The van der Waals surface area contributed by atoms with Crippen LogP contribution in [-0.4, -0.2) is 60.7 Å². The van der Waals surface area contributed by atoms with Crippen molar-refractivity contribution < 1.29 is 24.4 Å². The molecule has 0 aromatic heterocycles. The Balaban J connectivity index is 1.41. The Morgan fingerprint density at radius 2 is 1.94 bits per heavy atom.